The summed E-state index contributed by atoms with van der Waals surface area (Å²) in [6, 6.07) is 2.70. The Labute approximate surface area is 103 Å². The highest BCUT2D eigenvalue weighted by molar-refractivity contribution is 5.53. The smallest absolute Gasteiger partial charge is 0.261 e. The van der Waals surface area contributed by atoms with E-state index in [-0.39, 0.29) is 17.5 Å². The first kappa shape index (κ1) is 12.6. The second-order valence-corrected chi connectivity index (χ2v) is 3.98. The number of halogens is 2. The molecule has 0 amide bonds. The summed E-state index contributed by atoms with van der Waals surface area (Å²) in [4.78, 5) is 3.99. The van der Waals surface area contributed by atoms with Gasteiger partial charge in [-0.25, -0.2) is 8.78 Å². The van der Waals surface area contributed by atoms with Crippen LogP contribution in [-0.2, 0) is 0 Å². The van der Waals surface area contributed by atoms with Gasteiger partial charge in [-0.05, 0) is 24.6 Å². The van der Waals surface area contributed by atoms with Crippen molar-refractivity contribution in [3.05, 3.63) is 35.7 Å². The molecule has 0 aliphatic carbocycles. The molecule has 1 atom stereocenters. The van der Waals surface area contributed by atoms with Crippen molar-refractivity contribution in [3.63, 3.8) is 0 Å². The Hall–Kier alpha value is -1.82. The highest BCUT2D eigenvalue weighted by Crippen LogP contribution is 2.23. The van der Waals surface area contributed by atoms with Crippen molar-refractivity contribution in [3.8, 4) is 11.5 Å². The molecule has 2 aromatic rings. The molecule has 1 aromatic heterocycles. The van der Waals surface area contributed by atoms with Crippen molar-refractivity contribution < 1.29 is 13.3 Å². The fourth-order valence-corrected chi connectivity index (χ4v) is 1.60. The predicted molar refractivity (Wildman–Crippen MR) is 61.5 cm³/mol. The first-order chi connectivity index (χ1) is 8.61. The molecule has 1 heterocycles. The van der Waals surface area contributed by atoms with Crippen LogP contribution in [0.4, 0.5) is 8.78 Å². The zero-order chi connectivity index (χ0) is 13.1. The molecule has 1 unspecified atom stereocenters. The highest BCUT2D eigenvalue weighted by atomic mass is 19.1. The van der Waals surface area contributed by atoms with Gasteiger partial charge in [-0.15, -0.1) is 0 Å². The van der Waals surface area contributed by atoms with Crippen molar-refractivity contribution >= 4 is 0 Å². The molecule has 0 fully saturated rings. The van der Waals surface area contributed by atoms with Crippen molar-refractivity contribution in [2.75, 3.05) is 0 Å². The number of hydrogen-bond donors (Lipinski definition) is 1. The summed E-state index contributed by atoms with van der Waals surface area (Å²) in [5.74, 6) is -0.941. The zero-order valence-electron chi connectivity index (χ0n) is 9.86. The fraction of sp³-hybridized carbons (Fsp3) is 0.333. The number of nitrogens with two attached hydrogens (primary N) is 1. The van der Waals surface area contributed by atoms with Gasteiger partial charge in [0.1, 0.15) is 11.6 Å². The number of hydrogen-bond acceptors (Lipinski definition) is 4. The van der Waals surface area contributed by atoms with Crippen LogP contribution in [0.3, 0.4) is 0 Å². The van der Waals surface area contributed by atoms with E-state index >= 15 is 0 Å². The summed E-state index contributed by atoms with van der Waals surface area (Å²) >= 11 is 0. The Bertz CT molecular complexity index is 542. The maximum Gasteiger partial charge on any atom is 0.261 e. The third kappa shape index (κ3) is 2.53. The van der Waals surface area contributed by atoms with Crippen LogP contribution in [0.25, 0.3) is 11.5 Å². The van der Waals surface area contributed by atoms with Crippen LogP contribution in [0.5, 0.6) is 0 Å². The minimum absolute atomic E-state index is 0.0579. The lowest BCUT2D eigenvalue weighted by Gasteiger charge is -2.02. The summed E-state index contributed by atoms with van der Waals surface area (Å²) in [6.45, 7) is 1.98. The number of aromatic nitrogens is 2. The van der Waals surface area contributed by atoms with E-state index in [1.165, 1.54) is 0 Å². The quantitative estimate of drug-likeness (QED) is 0.909. The van der Waals surface area contributed by atoms with E-state index in [1.807, 2.05) is 6.92 Å². The predicted octanol–water partition coefficient (Wildman–Crippen LogP) is 2.81. The van der Waals surface area contributed by atoms with Crippen LogP contribution in [0.1, 0.15) is 31.6 Å². The normalized spacial score (nSPS) is 12.7. The van der Waals surface area contributed by atoms with Crippen LogP contribution >= 0.6 is 0 Å². The molecule has 18 heavy (non-hydrogen) atoms. The molecule has 0 bridgehead atoms. The third-order valence-electron chi connectivity index (χ3n) is 2.53. The Kier molecular flexibility index (Phi) is 3.66. The molecule has 0 saturated carbocycles. The van der Waals surface area contributed by atoms with Gasteiger partial charge in [-0.2, -0.15) is 4.98 Å². The molecule has 96 valence electrons. The molecule has 0 aliphatic heterocycles. The molecule has 2 rings (SSSR count). The second-order valence-electron chi connectivity index (χ2n) is 3.98. The number of nitrogens with zero attached hydrogens (tertiary/aromatic N) is 2. The molecular formula is C12H13F2N3O. The van der Waals surface area contributed by atoms with Crippen LogP contribution in [0, 0.1) is 11.6 Å². The van der Waals surface area contributed by atoms with Crippen LogP contribution < -0.4 is 5.73 Å². The molecular weight excluding hydrogens is 240 g/mol. The van der Waals surface area contributed by atoms with Crippen molar-refractivity contribution in [2.45, 2.75) is 25.8 Å². The first-order valence-corrected chi connectivity index (χ1v) is 5.66. The van der Waals surface area contributed by atoms with Gasteiger partial charge >= 0.3 is 0 Å². The van der Waals surface area contributed by atoms with Crippen molar-refractivity contribution in [1.82, 2.24) is 10.1 Å². The molecule has 4 nitrogen and oxygen atoms in total. The van der Waals surface area contributed by atoms with Crippen molar-refractivity contribution in [1.29, 1.82) is 0 Å². The van der Waals surface area contributed by atoms with Gasteiger partial charge in [-0.1, -0.05) is 18.5 Å². The molecule has 1 aromatic carbocycles. The Balaban J connectivity index is 2.32. The Morgan fingerprint density at radius 3 is 2.89 bits per heavy atom. The van der Waals surface area contributed by atoms with Gasteiger partial charge in [0.15, 0.2) is 5.82 Å². The van der Waals surface area contributed by atoms with E-state index in [1.54, 1.807) is 0 Å². The summed E-state index contributed by atoms with van der Waals surface area (Å²) < 4.78 is 31.4. The van der Waals surface area contributed by atoms with E-state index in [0.717, 1.165) is 24.6 Å². The van der Waals surface area contributed by atoms with Gasteiger partial charge in [0.2, 0.25) is 0 Å². The number of rotatable bonds is 4. The summed E-state index contributed by atoms with van der Waals surface area (Å²) in [5, 5.41) is 3.68. The molecule has 0 saturated heterocycles. The van der Waals surface area contributed by atoms with Gasteiger partial charge in [0, 0.05) is 0 Å². The zero-order valence-corrected chi connectivity index (χ0v) is 9.86. The second kappa shape index (κ2) is 5.22. The Morgan fingerprint density at radius 1 is 1.39 bits per heavy atom. The van der Waals surface area contributed by atoms with E-state index in [9.17, 15) is 8.78 Å². The van der Waals surface area contributed by atoms with Crippen LogP contribution in [0.2, 0.25) is 0 Å². The average molecular weight is 253 g/mol. The van der Waals surface area contributed by atoms with E-state index in [0.29, 0.717) is 12.2 Å². The minimum Gasteiger partial charge on any atom is -0.334 e. The SMILES string of the molecule is CCCC(N)c1noc(-c2cc(F)ccc2F)n1. The molecule has 2 N–H and O–H groups in total. The first-order valence-electron chi connectivity index (χ1n) is 5.66. The van der Waals surface area contributed by atoms with E-state index < -0.39 is 11.6 Å². The van der Waals surface area contributed by atoms with Gasteiger partial charge in [-0.3, -0.25) is 0 Å². The maximum atomic E-state index is 13.5. The minimum atomic E-state index is -0.615. The maximum absolute atomic E-state index is 13.5. The van der Waals surface area contributed by atoms with Crippen LogP contribution in [-0.4, -0.2) is 10.1 Å². The fourth-order valence-electron chi connectivity index (χ4n) is 1.60. The lowest BCUT2D eigenvalue weighted by atomic mass is 10.1. The monoisotopic (exact) mass is 253 g/mol. The lowest BCUT2D eigenvalue weighted by Crippen LogP contribution is -2.11. The lowest BCUT2D eigenvalue weighted by molar-refractivity contribution is 0.411. The summed E-state index contributed by atoms with van der Waals surface area (Å²) in [6.07, 6.45) is 1.57. The van der Waals surface area contributed by atoms with E-state index in [4.69, 9.17) is 10.3 Å². The molecule has 0 radical (unpaired) electrons. The summed E-state index contributed by atoms with van der Waals surface area (Å²) in [5.41, 5.74) is 5.75. The number of benzene rings is 1. The summed E-state index contributed by atoms with van der Waals surface area (Å²) in [7, 11) is 0. The van der Waals surface area contributed by atoms with E-state index in [2.05, 4.69) is 10.1 Å². The van der Waals surface area contributed by atoms with Crippen molar-refractivity contribution in [2.24, 2.45) is 5.73 Å². The van der Waals surface area contributed by atoms with Gasteiger partial charge in [0.25, 0.3) is 5.89 Å². The largest absolute Gasteiger partial charge is 0.334 e. The average Bonchev–Trinajstić information content (AvgIpc) is 2.82. The highest BCUT2D eigenvalue weighted by Gasteiger charge is 2.17. The molecule has 6 heteroatoms. The topological polar surface area (TPSA) is 64.9 Å². The van der Waals surface area contributed by atoms with Gasteiger partial charge < -0.3 is 10.3 Å². The van der Waals surface area contributed by atoms with Crippen LogP contribution in [0.15, 0.2) is 22.7 Å². The molecule has 0 spiro atoms. The third-order valence-corrected chi connectivity index (χ3v) is 2.53. The Morgan fingerprint density at radius 2 is 2.17 bits per heavy atom. The molecule has 0 aliphatic rings. The van der Waals surface area contributed by atoms with Gasteiger partial charge in [0.05, 0.1) is 11.6 Å². The standard InChI is InChI=1S/C12H13F2N3O/c1-2-3-10(15)11-16-12(18-17-11)8-6-7(13)4-5-9(8)14/h4-6,10H,2-3,15H2,1H3.